The Bertz CT molecular complexity index is 1680. The van der Waals surface area contributed by atoms with Crippen molar-refractivity contribution in [3.8, 4) is 11.4 Å². The maximum Gasteiger partial charge on any atom is 0.209 e. The molecule has 0 saturated carbocycles. The Labute approximate surface area is 233 Å². The van der Waals surface area contributed by atoms with Crippen LogP contribution in [-0.2, 0) is 13.1 Å². The van der Waals surface area contributed by atoms with E-state index in [1.165, 1.54) is 11.1 Å². The van der Waals surface area contributed by atoms with E-state index in [4.69, 9.17) is 34.4 Å². The summed E-state index contributed by atoms with van der Waals surface area (Å²) in [5.41, 5.74) is 6.49. The quantitative estimate of drug-likeness (QED) is 0.126. The van der Waals surface area contributed by atoms with Crippen molar-refractivity contribution in [1.29, 1.82) is 0 Å². The third kappa shape index (κ3) is 5.77. The van der Waals surface area contributed by atoms with Crippen LogP contribution in [-0.4, -0.2) is 20.0 Å². The van der Waals surface area contributed by atoms with Gasteiger partial charge < -0.3 is 0 Å². The number of aliphatic imine (C=N–C) groups is 1. The van der Waals surface area contributed by atoms with Gasteiger partial charge in [0.1, 0.15) is 11.7 Å². The van der Waals surface area contributed by atoms with E-state index < -0.39 is 0 Å². The summed E-state index contributed by atoms with van der Waals surface area (Å²) in [6.07, 6.45) is 0. The smallest absolute Gasteiger partial charge is 0.209 e. The molecular weight excluding hydrogens is 505 g/mol. The average molecular weight is 533 g/mol. The number of nitrogens with zero attached hydrogens (tertiary/aromatic N) is 4. The van der Waals surface area contributed by atoms with Crippen LogP contribution in [0.4, 0.5) is 0 Å². The molecular formula is C32H28N4S2. The molecule has 0 aliphatic heterocycles. The topological polar surface area (TPSA) is 35.1 Å². The highest BCUT2D eigenvalue weighted by Gasteiger charge is 2.16. The highest BCUT2D eigenvalue weighted by Crippen LogP contribution is 2.21. The molecule has 0 saturated heterocycles. The van der Waals surface area contributed by atoms with E-state index in [2.05, 4.69) is 91.2 Å². The molecule has 0 spiro atoms. The van der Waals surface area contributed by atoms with Crippen molar-refractivity contribution in [3.63, 3.8) is 0 Å². The zero-order chi connectivity index (χ0) is 26.5. The average Bonchev–Trinajstić information content (AvgIpc) is 2.94. The summed E-state index contributed by atoms with van der Waals surface area (Å²) in [5.74, 6) is 1.43. The van der Waals surface area contributed by atoms with E-state index in [1.54, 1.807) is 0 Å². The Morgan fingerprint density at radius 1 is 0.711 bits per heavy atom. The van der Waals surface area contributed by atoms with Gasteiger partial charge in [0.05, 0.1) is 13.1 Å². The van der Waals surface area contributed by atoms with E-state index in [1.807, 2.05) is 41.0 Å². The van der Waals surface area contributed by atoms with Crippen LogP contribution in [0.1, 0.15) is 27.8 Å². The van der Waals surface area contributed by atoms with Gasteiger partial charge in [-0.1, -0.05) is 120 Å². The van der Waals surface area contributed by atoms with Gasteiger partial charge in [-0.15, -0.1) is 0 Å². The van der Waals surface area contributed by atoms with Crippen LogP contribution in [0.2, 0.25) is 0 Å². The number of benzene rings is 4. The van der Waals surface area contributed by atoms with Crippen LogP contribution in [0.25, 0.3) is 11.4 Å². The van der Waals surface area contributed by atoms with Gasteiger partial charge in [0.15, 0.2) is 4.77 Å². The summed E-state index contributed by atoms with van der Waals surface area (Å²) in [4.78, 5) is 9.98. The molecule has 0 radical (unpaired) electrons. The predicted octanol–water partition coefficient (Wildman–Crippen LogP) is 7.97. The molecule has 6 heteroatoms. The number of aryl methyl sites for hydroxylation is 2. The summed E-state index contributed by atoms with van der Waals surface area (Å²) in [7, 11) is 0. The van der Waals surface area contributed by atoms with E-state index in [-0.39, 0.29) is 0 Å². The molecule has 0 atom stereocenters. The Kier molecular flexibility index (Phi) is 7.82. The van der Waals surface area contributed by atoms with Crippen LogP contribution in [0.5, 0.6) is 0 Å². The molecule has 4 aromatic carbocycles. The lowest BCUT2D eigenvalue weighted by Gasteiger charge is -2.19. The lowest BCUT2D eigenvalue weighted by atomic mass is 10.1. The Morgan fingerprint density at radius 3 is 1.87 bits per heavy atom. The molecule has 5 aromatic rings. The molecule has 1 heterocycles. The zero-order valence-corrected chi connectivity index (χ0v) is 23.0. The van der Waals surface area contributed by atoms with Crippen LogP contribution >= 0.6 is 24.4 Å². The van der Waals surface area contributed by atoms with Crippen LogP contribution in [0.15, 0.2) is 114 Å². The van der Waals surface area contributed by atoms with Crippen molar-refractivity contribution >= 4 is 30.3 Å². The number of hydrogen-bond donors (Lipinski definition) is 0. The first-order chi connectivity index (χ1) is 18.5. The summed E-state index contributed by atoms with van der Waals surface area (Å²) >= 11 is 12.1. The number of hydrogen-bond acceptors (Lipinski definition) is 4. The van der Waals surface area contributed by atoms with Crippen molar-refractivity contribution in [1.82, 2.24) is 14.1 Å². The molecule has 38 heavy (non-hydrogen) atoms. The normalized spacial score (nSPS) is 11.5. The SMILES string of the molecule is Cc1ccc(C(=NCc2ccccc2)n2c(=S)nc(-c3ccc(C)cc3)n(Cc3ccccc3)c2=S)cc1. The first-order valence-electron chi connectivity index (χ1n) is 12.5. The van der Waals surface area contributed by atoms with Crippen LogP contribution in [0.3, 0.4) is 0 Å². The molecule has 0 amide bonds. The lowest BCUT2D eigenvalue weighted by molar-refractivity contribution is 0.703. The van der Waals surface area contributed by atoms with Crippen molar-refractivity contribution in [3.05, 3.63) is 147 Å². The van der Waals surface area contributed by atoms with Gasteiger partial charge in [0, 0.05) is 11.1 Å². The van der Waals surface area contributed by atoms with E-state index >= 15 is 0 Å². The van der Waals surface area contributed by atoms with E-state index in [9.17, 15) is 0 Å². The van der Waals surface area contributed by atoms with Crippen molar-refractivity contribution in [2.45, 2.75) is 26.9 Å². The largest absolute Gasteiger partial charge is 0.298 e. The van der Waals surface area contributed by atoms with Gasteiger partial charge in [-0.05, 0) is 49.4 Å². The van der Waals surface area contributed by atoms with Gasteiger partial charge in [-0.2, -0.15) is 0 Å². The summed E-state index contributed by atoms with van der Waals surface area (Å²) in [6.45, 7) is 5.20. The third-order valence-electron chi connectivity index (χ3n) is 6.34. The minimum absolute atomic E-state index is 0.377. The fourth-order valence-electron chi connectivity index (χ4n) is 4.25. The van der Waals surface area contributed by atoms with Gasteiger partial charge in [-0.3, -0.25) is 9.56 Å². The molecule has 0 fully saturated rings. The summed E-state index contributed by atoms with van der Waals surface area (Å²) in [5, 5.41) is 0. The molecule has 0 aliphatic rings. The number of aromatic nitrogens is 3. The predicted molar refractivity (Wildman–Crippen MR) is 161 cm³/mol. The maximum atomic E-state index is 6.16. The number of rotatable bonds is 6. The monoisotopic (exact) mass is 532 g/mol. The van der Waals surface area contributed by atoms with Gasteiger partial charge in [-0.25, -0.2) is 9.55 Å². The maximum absolute atomic E-state index is 6.16. The van der Waals surface area contributed by atoms with E-state index in [0.717, 1.165) is 28.1 Å². The third-order valence-corrected chi connectivity index (χ3v) is 7.02. The van der Waals surface area contributed by atoms with Gasteiger partial charge in [0.2, 0.25) is 4.77 Å². The Balaban J connectivity index is 1.73. The lowest BCUT2D eigenvalue weighted by Crippen LogP contribution is -2.23. The Morgan fingerprint density at radius 2 is 1.26 bits per heavy atom. The molecule has 0 unspecified atom stereocenters. The van der Waals surface area contributed by atoms with Gasteiger partial charge in [0.25, 0.3) is 0 Å². The molecule has 1 aromatic heterocycles. The second-order valence-corrected chi connectivity index (χ2v) is 10.00. The minimum atomic E-state index is 0.377. The molecule has 188 valence electrons. The van der Waals surface area contributed by atoms with Gasteiger partial charge >= 0.3 is 0 Å². The van der Waals surface area contributed by atoms with Crippen LogP contribution in [0, 0.1) is 23.4 Å². The fraction of sp³-hybridized carbons (Fsp3) is 0.125. The summed E-state index contributed by atoms with van der Waals surface area (Å²) < 4.78 is 4.81. The Hall–Kier alpha value is -4.00. The van der Waals surface area contributed by atoms with Crippen molar-refractivity contribution in [2.75, 3.05) is 0 Å². The molecule has 0 aliphatic carbocycles. The van der Waals surface area contributed by atoms with Crippen LogP contribution < -0.4 is 0 Å². The van der Waals surface area contributed by atoms with Crippen molar-refractivity contribution in [2.24, 2.45) is 4.99 Å². The fourth-order valence-corrected chi connectivity index (χ4v) is 4.89. The summed E-state index contributed by atoms with van der Waals surface area (Å²) in [6, 6.07) is 37.0. The first-order valence-corrected chi connectivity index (χ1v) is 13.3. The second kappa shape index (κ2) is 11.6. The minimum Gasteiger partial charge on any atom is -0.298 e. The van der Waals surface area contributed by atoms with E-state index in [0.29, 0.717) is 28.5 Å². The second-order valence-electron chi connectivity index (χ2n) is 9.27. The molecule has 5 rings (SSSR count). The molecule has 0 N–H and O–H groups in total. The molecule has 0 bridgehead atoms. The van der Waals surface area contributed by atoms with Crippen molar-refractivity contribution < 1.29 is 0 Å². The first kappa shape index (κ1) is 25.6. The highest BCUT2D eigenvalue weighted by molar-refractivity contribution is 7.72. The standard InChI is InChI=1S/C32H28N4S2/c1-23-13-17-27(18-14-23)29(33-21-25-9-5-3-6-10-25)36-31(37)34-30(28-19-15-24(2)16-20-28)35(32(36)38)22-26-11-7-4-8-12-26/h3-20H,21-22H2,1-2H3. The zero-order valence-electron chi connectivity index (χ0n) is 21.4. The highest BCUT2D eigenvalue weighted by atomic mass is 32.1. The molecule has 4 nitrogen and oxygen atoms in total.